The zero-order valence-electron chi connectivity index (χ0n) is 11.1. The summed E-state index contributed by atoms with van der Waals surface area (Å²) in [5, 5.41) is 13.6. The molecule has 0 spiro atoms. The van der Waals surface area contributed by atoms with Crippen LogP contribution in [-0.2, 0) is 6.42 Å². The zero-order valence-corrected chi connectivity index (χ0v) is 11.1. The summed E-state index contributed by atoms with van der Waals surface area (Å²) < 4.78 is 2.18. The molecule has 4 nitrogen and oxygen atoms in total. The Bertz CT molecular complexity index is 386. The lowest BCUT2D eigenvalue weighted by atomic mass is 10.1. The molecule has 4 heteroatoms. The molecule has 17 heavy (non-hydrogen) atoms. The minimum atomic E-state index is 0.257. The van der Waals surface area contributed by atoms with Crippen LogP contribution in [0.2, 0.25) is 0 Å². The number of aryl methyl sites for hydroxylation is 1. The molecule has 0 bridgehead atoms. The van der Waals surface area contributed by atoms with Crippen LogP contribution in [0.25, 0.3) is 0 Å². The van der Waals surface area contributed by atoms with Crippen LogP contribution < -0.4 is 0 Å². The van der Waals surface area contributed by atoms with Crippen LogP contribution in [0.15, 0.2) is 0 Å². The third kappa shape index (κ3) is 2.38. The first-order valence-corrected chi connectivity index (χ1v) is 6.51. The van der Waals surface area contributed by atoms with Crippen molar-refractivity contribution in [2.75, 3.05) is 20.2 Å². The van der Waals surface area contributed by atoms with Gasteiger partial charge in [0.1, 0.15) is 6.17 Å². The molecule has 1 aliphatic heterocycles. The summed E-state index contributed by atoms with van der Waals surface area (Å²) in [5.41, 5.74) is 3.71. The van der Waals surface area contributed by atoms with Crippen LogP contribution in [-0.4, -0.2) is 40.0 Å². The third-order valence-corrected chi connectivity index (χ3v) is 3.82. The highest BCUT2D eigenvalue weighted by Gasteiger charge is 2.25. The highest BCUT2D eigenvalue weighted by atomic mass is 16.2. The van der Waals surface area contributed by atoms with E-state index in [1.165, 1.54) is 24.1 Å². The predicted molar refractivity (Wildman–Crippen MR) is 68.0 cm³/mol. The van der Waals surface area contributed by atoms with Gasteiger partial charge in [-0.2, -0.15) is 5.10 Å². The van der Waals surface area contributed by atoms with E-state index in [0.717, 1.165) is 25.1 Å². The summed E-state index contributed by atoms with van der Waals surface area (Å²) in [7, 11) is 2.17. The maximum atomic E-state index is 8.93. The quantitative estimate of drug-likeness (QED) is 0.865. The number of hydrogen-bond donors (Lipinski definition) is 1. The fourth-order valence-corrected chi connectivity index (χ4v) is 2.81. The van der Waals surface area contributed by atoms with Gasteiger partial charge in [0.25, 0.3) is 0 Å². The standard InChI is InChI=1S/C13H23N3O/c1-10-12(6-5-9-17)11(2)16(14-10)13-7-4-8-15(13)3/h13,17H,4-9H2,1-3H3. The van der Waals surface area contributed by atoms with Crippen LogP contribution in [0.4, 0.5) is 0 Å². The van der Waals surface area contributed by atoms with Gasteiger partial charge >= 0.3 is 0 Å². The molecule has 1 aromatic heterocycles. The smallest absolute Gasteiger partial charge is 0.104 e. The lowest BCUT2D eigenvalue weighted by Crippen LogP contribution is -2.24. The van der Waals surface area contributed by atoms with Crippen molar-refractivity contribution in [2.45, 2.75) is 45.7 Å². The predicted octanol–water partition coefficient (Wildman–Crippen LogP) is 1.65. The Balaban J connectivity index is 2.23. The van der Waals surface area contributed by atoms with E-state index in [1.807, 2.05) is 0 Å². The zero-order chi connectivity index (χ0) is 12.4. The Morgan fingerprint density at radius 2 is 2.18 bits per heavy atom. The van der Waals surface area contributed by atoms with Crippen LogP contribution >= 0.6 is 0 Å². The number of aliphatic hydroxyl groups is 1. The molecule has 96 valence electrons. The third-order valence-electron chi connectivity index (χ3n) is 3.82. The number of likely N-dealkylation sites (tertiary alicyclic amines) is 1. The molecule has 1 unspecified atom stereocenters. The summed E-state index contributed by atoms with van der Waals surface area (Å²) in [5.74, 6) is 0. The first-order chi connectivity index (χ1) is 8.15. The van der Waals surface area contributed by atoms with E-state index in [2.05, 4.69) is 35.6 Å². The van der Waals surface area contributed by atoms with Crippen LogP contribution in [0, 0.1) is 13.8 Å². The molecule has 1 fully saturated rings. The molecule has 1 aliphatic rings. The lowest BCUT2D eigenvalue weighted by Gasteiger charge is -2.21. The largest absolute Gasteiger partial charge is 0.396 e. The molecule has 0 radical (unpaired) electrons. The van der Waals surface area contributed by atoms with E-state index in [1.54, 1.807) is 0 Å². The van der Waals surface area contributed by atoms with Gasteiger partial charge in [-0.15, -0.1) is 0 Å². The Hall–Kier alpha value is -0.870. The monoisotopic (exact) mass is 237 g/mol. The summed E-state index contributed by atoms with van der Waals surface area (Å²) in [6.07, 6.45) is 4.64. The molecule has 0 saturated carbocycles. The van der Waals surface area contributed by atoms with Gasteiger partial charge in [0, 0.05) is 12.3 Å². The number of nitrogens with zero attached hydrogens (tertiary/aromatic N) is 3. The van der Waals surface area contributed by atoms with E-state index in [-0.39, 0.29) is 6.61 Å². The van der Waals surface area contributed by atoms with Crippen LogP contribution in [0.3, 0.4) is 0 Å². The average molecular weight is 237 g/mol. The van der Waals surface area contributed by atoms with Crippen molar-refractivity contribution in [1.82, 2.24) is 14.7 Å². The molecule has 1 saturated heterocycles. The van der Waals surface area contributed by atoms with E-state index in [4.69, 9.17) is 5.11 Å². The van der Waals surface area contributed by atoms with Crippen molar-refractivity contribution in [3.63, 3.8) is 0 Å². The number of hydrogen-bond acceptors (Lipinski definition) is 3. The number of aromatic nitrogens is 2. The van der Waals surface area contributed by atoms with Gasteiger partial charge in [-0.3, -0.25) is 9.58 Å². The van der Waals surface area contributed by atoms with Crippen molar-refractivity contribution < 1.29 is 5.11 Å². The molecule has 0 aliphatic carbocycles. The van der Waals surface area contributed by atoms with Gasteiger partial charge in [0.2, 0.25) is 0 Å². The fourth-order valence-electron chi connectivity index (χ4n) is 2.81. The second-order valence-corrected chi connectivity index (χ2v) is 5.02. The fraction of sp³-hybridized carbons (Fsp3) is 0.769. The molecule has 1 aromatic rings. The normalized spacial score (nSPS) is 21.3. The first-order valence-electron chi connectivity index (χ1n) is 6.51. The highest BCUT2D eigenvalue weighted by Crippen LogP contribution is 2.28. The maximum absolute atomic E-state index is 8.93. The maximum Gasteiger partial charge on any atom is 0.104 e. The van der Waals surface area contributed by atoms with Gasteiger partial charge in [-0.05, 0) is 58.7 Å². The molecule has 1 N–H and O–H groups in total. The van der Waals surface area contributed by atoms with E-state index in [9.17, 15) is 0 Å². The van der Waals surface area contributed by atoms with E-state index in [0.29, 0.717) is 6.17 Å². The molecular weight excluding hydrogens is 214 g/mol. The van der Waals surface area contributed by atoms with Crippen molar-refractivity contribution in [3.05, 3.63) is 17.0 Å². The minimum Gasteiger partial charge on any atom is -0.396 e. The Morgan fingerprint density at radius 3 is 2.76 bits per heavy atom. The van der Waals surface area contributed by atoms with E-state index < -0.39 is 0 Å². The highest BCUT2D eigenvalue weighted by molar-refractivity contribution is 5.25. The summed E-state index contributed by atoms with van der Waals surface area (Å²) >= 11 is 0. The van der Waals surface area contributed by atoms with Gasteiger partial charge in [-0.25, -0.2) is 0 Å². The van der Waals surface area contributed by atoms with Crippen molar-refractivity contribution in [2.24, 2.45) is 0 Å². The Morgan fingerprint density at radius 1 is 1.41 bits per heavy atom. The summed E-state index contributed by atoms with van der Waals surface area (Å²) in [6, 6.07) is 0. The molecule has 2 rings (SSSR count). The van der Waals surface area contributed by atoms with Gasteiger partial charge in [-0.1, -0.05) is 0 Å². The molecule has 1 atom stereocenters. The number of aliphatic hydroxyl groups excluding tert-OH is 1. The van der Waals surface area contributed by atoms with E-state index >= 15 is 0 Å². The molecular formula is C13H23N3O. The van der Waals surface area contributed by atoms with Gasteiger partial charge in [0.05, 0.1) is 5.69 Å². The van der Waals surface area contributed by atoms with Crippen LogP contribution in [0.1, 0.15) is 42.4 Å². The lowest BCUT2D eigenvalue weighted by molar-refractivity contribution is 0.216. The minimum absolute atomic E-state index is 0.257. The molecule has 0 amide bonds. The summed E-state index contributed by atoms with van der Waals surface area (Å²) in [6.45, 7) is 5.65. The Labute approximate surface area is 103 Å². The van der Waals surface area contributed by atoms with Gasteiger partial charge in [0.15, 0.2) is 0 Å². The van der Waals surface area contributed by atoms with Crippen LogP contribution in [0.5, 0.6) is 0 Å². The second kappa shape index (κ2) is 5.19. The summed E-state index contributed by atoms with van der Waals surface area (Å²) in [4.78, 5) is 2.37. The first kappa shape index (κ1) is 12.6. The molecule has 0 aromatic carbocycles. The number of rotatable bonds is 4. The van der Waals surface area contributed by atoms with Crippen molar-refractivity contribution in [3.8, 4) is 0 Å². The topological polar surface area (TPSA) is 41.3 Å². The van der Waals surface area contributed by atoms with Crippen molar-refractivity contribution >= 4 is 0 Å². The van der Waals surface area contributed by atoms with Gasteiger partial charge < -0.3 is 5.11 Å². The average Bonchev–Trinajstić information content (AvgIpc) is 2.82. The molecule has 2 heterocycles. The Kier molecular flexibility index (Phi) is 3.84. The van der Waals surface area contributed by atoms with Crippen molar-refractivity contribution in [1.29, 1.82) is 0 Å². The SMILES string of the molecule is Cc1nn(C2CCCN2C)c(C)c1CCCO. The second-order valence-electron chi connectivity index (χ2n) is 5.02.